The van der Waals surface area contributed by atoms with Gasteiger partial charge in [0.15, 0.2) is 0 Å². The smallest absolute Gasteiger partial charge is 0.259 e. The lowest BCUT2D eigenvalue weighted by atomic mass is 9.82. The van der Waals surface area contributed by atoms with Crippen LogP contribution >= 0.6 is 11.3 Å². The van der Waals surface area contributed by atoms with Gasteiger partial charge in [0.25, 0.3) is 5.56 Å². The van der Waals surface area contributed by atoms with Crippen LogP contribution in [0.3, 0.4) is 0 Å². The van der Waals surface area contributed by atoms with Gasteiger partial charge >= 0.3 is 0 Å². The van der Waals surface area contributed by atoms with Crippen molar-refractivity contribution in [3.05, 3.63) is 81.6 Å². The minimum atomic E-state index is 0.191. The van der Waals surface area contributed by atoms with Gasteiger partial charge < -0.3 is 4.57 Å². The maximum Gasteiger partial charge on any atom is 0.259 e. The molecule has 4 heterocycles. The Labute approximate surface area is 157 Å². The SMILES string of the molecule is O=c1c(-c2cccs2)ccc2n1CC1CC2CN(Cc2ccccc2)C1. The van der Waals surface area contributed by atoms with Crippen LogP contribution in [0.2, 0.25) is 0 Å². The third kappa shape index (κ3) is 2.83. The molecule has 5 rings (SSSR count). The van der Waals surface area contributed by atoms with Gasteiger partial charge in [0, 0.05) is 42.7 Å². The van der Waals surface area contributed by atoms with Crippen LogP contribution < -0.4 is 5.56 Å². The molecule has 0 spiro atoms. The fourth-order valence-corrected chi connectivity index (χ4v) is 5.38. The molecule has 2 unspecified atom stereocenters. The summed E-state index contributed by atoms with van der Waals surface area (Å²) in [7, 11) is 0. The zero-order valence-electron chi connectivity index (χ0n) is 14.7. The number of piperidine rings is 1. The van der Waals surface area contributed by atoms with E-state index in [0.29, 0.717) is 11.8 Å². The predicted molar refractivity (Wildman–Crippen MR) is 107 cm³/mol. The maximum absolute atomic E-state index is 13.1. The molecule has 4 heteroatoms. The lowest BCUT2D eigenvalue weighted by molar-refractivity contribution is 0.114. The Kier molecular flexibility index (Phi) is 4.03. The highest BCUT2D eigenvalue weighted by Crippen LogP contribution is 2.36. The zero-order chi connectivity index (χ0) is 17.5. The molecule has 3 nitrogen and oxygen atoms in total. The molecule has 2 aliphatic heterocycles. The van der Waals surface area contributed by atoms with Crippen molar-refractivity contribution >= 4 is 11.3 Å². The molecule has 0 N–H and O–H groups in total. The van der Waals surface area contributed by atoms with Crippen LogP contribution in [0, 0.1) is 5.92 Å². The van der Waals surface area contributed by atoms with Crippen LogP contribution in [0.5, 0.6) is 0 Å². The molecule has 0 radical (unpaired) electrons. The van der Waals surface area contributed by atoms with Gasteiger partial charge in [0.2, 0.25) is 0 Å². The summed E-state index contributed by atoms with van der Waals surface area (Å²) in [5.74, 6) is 1.04. The third-order valence-electron chi connectivity index (χ3n) is 5.72. The second kappa shape index (κ2) is 6.53. The second-order valence-corrected chi connectivity index (χ2v) is 8.49. The highest BCUT2D eigenvalue weighted by atomic mass is 32.1. The van der Waals surface area contributed by atoms with E-state index < -0.39 is 0 Å². The van der Waals surface area contributed by atoms with Crippen molar-refractivity contribution in [1.82, 2.24) is 9.47 Å². The molecule has 2 aromatic heterocycles. The minimum absolute atomic E-state index is 0.191. The molecular formula is C22H22N2OS. The normalized spacial score (nSPS) is 22.2. The van der Waals surface area contributed by atoms with Gasteiger partial charge in [-0.15, -0.1) is 11.3 Å². The summed E-state index contributed by atoms with van der Waals surface area (Å²) in [5, 5.41) is 2.04. The van der Waals surface area contributed by atoms with E-state index in [1.807, 2.05) is 23.6 Å². The lowest BCUT2D eigenvalue weighted by Crippen LogP contribution is -2.46. The second-order valence-electron chi connectivity index (χ2n) is 7.54. The van der Waals surface area contributed by atoms with Crippen LogP contribution in [0.25, 0.3) is 10.4 Å². The van der Waals surface area contributed by atoms with E-state index in [1.54, 1.807) is 11.3 Å². The average Bonchev–Trinajstić information content (AvgIpc) is 3.18. The highest BCUT2D eigenvalue weighted by molar-refractivity contribution is 7.13. The molecule has 1 aromatic carbocycles. The van der Waals surface area contributed by atoms with Gasteiger partial charge in [-0.05, 0) is 41.5 Å². The van der Waals surface area contributed by atoms with E-state index in [4.69, 9.17) is 0 Å². The first-order valence-corrected chi connectivity index (χ1v) is 10.2. The van der Waals surface area contributed by atoms with E-state index in [-0.39, 0.29) is 5.56 Å². The Morgan fingerprint density at radius 2 is 1.85 bits per heavy atom. The Hall–Kier alpha value is -2.17. The van der Waals surface area contributed by atoms with Crippen LogP contribution in [-0.2, 0) is 13.1 Å². The minimum Gasteiger partial charge on any atom is -0.311 e. The molecule has 132 valence electrons. The molecule has 1 fully saturated rings. The number of rotatable bonds is 3. The molecular weight excluding hydrogens is 340 g/mol. The van der Waals surface area contributed by atoms with Crippen molar-refractivity contribution in [2.24, 2.45) is 5.92 Å². The number of benzene rings is 1. The van der Waals surface area contributed by atoms with Crippen molar-refractivity contribution in [3.8, 4) is 10.4 Å². The van der Waals surface area contributed by atoms with Crippen LogP contribution in [-0.4, -0.2) is 22.6 Å². The Morgan fingerprint density at radius 1 is 0.962 bits per heavy atom. The highest BCUT2D eigenvalue weighted by Gasteiger charge is 2.34. The lowest BCUT2D eigenvalue weighted by Gasteiger charge is -2.43. The summed E-state index contributed by atoms with van der Waals surface area (Å²) < 4.78 is 2.06. The summed E-state index contributed by atoms with van der Waals surface area (Å²) in [6, 6.07) is 19.0. The summed E-state index contributed by atoms with van der Waals surface area (Å²) in [5.41, 5.74) is 3.64. The molecule has 2 atom stereocenters. The van der Waals surface area contributed by atoms with Crippen molar-refractivity contribution < 1.29 is 0 Å². The van der Waals surface area contributed by atoms with E-state index in [0.717, 1.165) is 36.6 Å². The van der Waals surface area contributed by atoms with Crippen molar-refractivity contribution in [2.45, 2.75) is 25.4 Å². The van der Waals surface area contributed by atoms with E-state index >= 15 is 0 Å². The van der Waals surface area contributed by atoms with Crippen LogP contribution in [0.15, 0.2) is 64.8 Å². The first kappa shape index (κ1) is 16.0. The molecule has 2 bridgehead atoms. The van der Waals surface area contributed by atoms with E-state index in [9.17, 15) is 4.79 Å². The number of thiophene rings is 1. The van der Waals surface area contributed by atoms with Gasteiger partial charge in [0.05, 0.1) is 5.56 Å². The summed E-state index contributed by atoms with van der Waals surface area (Å²) in [4.78, 5) is 16.7. The molecule has 1 saturated heterocycles. The van der Waals surface area contributed by atoms with Crippen LogP contribution in [0.1, 0.15) is 23.6 Å². The first-order chi connectivity index (χ1) is 12.8. The molecule has 3 aromatic rings. The Balaban J connectivity index is 1.44. The third-order valence-corrected chi connectivity index (χ3v) is 6.62. The number of fused-ring (bicyclic) bond motifs is 4. The molecule has 2 aliphatic rings. The molecule has 26 heavy (non-hydrogen) atoms. The van der Waals surface area contributed by atoms with Crippen molar-refractivity contribution in [3.63, 3.8) is 0 Å². The fourth-order valence-electron chi connectivity index (χ4n) is 4.64. The first-order valence-electron chi connectivity index (χ1n) is 9.32. The number of hydrogen-bond donors (Lipinski definition) is 0. The molecule has 0 aliphatic carbocycles. The maximum atomic E-state index is 13.1. The monoisotopic (exact) mass is 362 g/mol. The van der Waals surface area contributed by atoms with Gasteiger partial charge in [-0.25, -0.2) is 0 Å². The zero-order valence-corrected chi connectivity index (χ0v) is 15.5. The number of likely N-dealkylation sites (tertiary alicyclic amines) is 1. The number of aromatic nitrogens is 1. The van der Waals surface area contributed by atoms with E-state index in [1.165, 1.54) is 17.7 Å². The molecule has 0 saturated carbocycles. The van der Waals surface area contributed by atoms with Gasteiger partial charge in [-0.2, -0.15) is 0 Å². The Bertz CT molecular complexity index is 962. The quantitative estimate of drug-likeness (QED) is 0.698. The van der Waals surface area contributed by atoms with Crippen molar-refractivity contribution in [2.75, 3.05) is 13.1 Å². The van der Waals surface area contributed by atoms with Crippen molar-refractivity contribution in [1.29, 1.82) is 0 Å². The largest absolute Gasteiger partial charge is 0.311 e. The summed E-state index contributed by atoms with van der Waals surface area (Å²) >= 11 is 1.64. The van der Waals surface area contributed by atoms with Gasteiger partial charge in [-0.1, -0.05) is 36.4 Å². The average molecular weight is 362 g/mol. The number of pyridine rings is 1. The van der Waals surface area contributed by atoms with Gasteiger partial charge in [0.1, 0.15) is 0 Å². The topological polar surface area (TPSA) is 25.2 Å². The molecule has 0 amide bonds. The summed E-state index contributed by atoms with van der Waals surface area (Å²) in [6.45, 7) is 3.99. The fraction of sp³-hybridized carbons (Fsp3) is 0.318. The summed E-state index contributed by atoms with van der Waals surface area (Å²) in [6.07, 6.45) is 1.21. The van der Waals surface area contributed by atoms with Crippen LogP contribution in [0.4, 0.5) is 0 Å². The van der Waals surface area contributed by atoms with Gasteiger partial charge in [-0.3, -0.25) is 9.69 Å². The van der Waals surface area contributed by atoms with E-state index in [2.05, 4.69) is 45.9 Å². The number of hydrogen-bond acceptors (Lipinski definition) is 3. The number of nitrogens with zero attached hydrogens (tertiary/aromatic N) is 2. The standard InChI is InChI=1S/C22H22N2OS/c25-22-19(21-7-4-10-26-21)8-9-20-18-11-17(14-24(20)22)13-23(15-18)12-16-5-2-1-3-6-16/h1-10,17-18H,11-15H2. The Morgan fingerprint density at radius 3 is 2.65 bits per heavy atom. The predicted octanol–water partition coefficient (Wildman–Crippen LogP) is 4.20.